The highest BCUT2D eigenvalue weighted by atomic mass is 32.2. The van der Waals surface area contributed by atoms with Crippen LogP contribution in [0.3, 0.4) is 0 Å². The Morgan fingerprint density at radius 1 is 1.29 bits per heavy atom. The molecule has 1 atom stereocenters. The van der Waals surface area contributed by atoms with Crippen LogP contribution in [0.5, 0.6) is 5.75 Å². The Morgan fingerprint density at radius 2 is 2.06 bits per heavy atom. The first-order chi connectivity index (χ1) is 8.33. The highest BCUT2D eigenvalue weighted by molar-refractivity contribution is 7.99. The Labute approximate surface area is 105 Å². The molecule has 1 unspecified atom stereocenters. The minimum Gasteiger partial charge on any atom is -0.497 e. The Balaban J connectivity index is 2.07. The highest BCUT2D eigenvalue weighted by Gasteiger charge is 2.13. The van der Waals surface area contributed by atoms with Gasteiger partial charge >= 0.3 is 0 Å². The fraction of sp³-hybridized carbons (Fsp3) is 0.231. The summed E-state index contributed by atoms with van der Waals surface area (Å²) in [6, 6.07) is 11.8. The lowest BCUT2D eigenvalue weighted by Gasteiger charge is -2.11. The molecule has 1 aromatic heterocycles. The van der Waals surface area contributed by atoms with Crippen LogP contribution in [0.2, 0.25) is 0 Å². The van der Waals surface area contributed by atoms with Gasteiger partial charge in [-0.3, -0.25) is 0 Å². The van der Waals surface area contributed by atoms with Crippen LogP contribution in [0.4, 0.5) is 0 Å². The van der Waals surface area contributed by atoms with Crippen LogP contribution < -0.4 is 10.5 Å². The summed E-state index contributed by atoms with van der Waals surface area (Å²) in [6.45, 7) is 0.546. The SMILES string of the molecule is COc1ccc(SC(CN)c2ccco2)cc1. The second-order valence-corrected chi connectivity index (χ2v) is 4.81. The fourth-order valence-corrected chi connectivity index (χ4v) is 2.48. The molecule has 1 heterocycles. The first-order valence-electron chi connectivity index (χ1n) is 5.37. The molecule has 0 saturated heterocycles. The van der Waals surface area contributed by atoms with Gasteiger partial charge in [-0.1, -0.05) is 0 Å². The third-order valence-electron chi connectivity index (χ3n) is 2.41. The lowest BCUT2D eigenvalue weighted by Crippen LogP contribution is -2.08. The van der Waals surface area contributed by atoms with E-state index in [2.05, 4.69) is 0 Å². The summed E-state index contributed by atoms with van der Waals surface area (Å²) < 4.78 is 10.5. The maximum atomic E-state index is 5.76. The minimum atomic E-state index is 0.151. The second-order valence-electron chi connectivity index (χ2n) is 3.53. The van der Waals surface area contributed by atoms with E-state index in [0.717, 1.165) is 16.4 Å². The van der Waals surface area contributed by atoms with Gasteiger partial charge in [0.2, 0.25) is 0 Å². The van der Waals surface area contributed by atoms with Crippen molar-refractivity contribution in [2.24, 2.45) is 5.73 Å². The van der Waals surface area contributed by atoms with Gasteiger partial charge in [0.25, 0.3) is 0 Å². The molecule has 0 saturated carbocycles. The predicted octanol–water partition coefficient (Wildman–Crippen LogP) is 3.08. The average molecular weight is 249 g/mol. The van der Waals surface area contributed by atoms with Crippen molar-refractivity contribution in [3.05, 3.63) is 48.4 Å². The van der Waals surface area contributed by atoms with E-state index in [4.69, 9.17) is 14.9 Å². The van der Waals surface area contributed by atoms with Crippen LogP contribution in [0.25, 0.3) is 0 Å². The van der Waals surface area contributed by atoms with Gasteiger partial charge in [-0.15, -0.1) is 11.8 Å². The van der Waals surface area contributed by atoms with Crippen molar-refractivity contribution in [3.8, 4) is 5.75 Å². The van der Waals surface area contributed by atoms with Gasteiger partial charge in [-0.2, -0.15) is 0 Å². The van der Waals surface area contributed by atoms with Crippen molar-refractivity contribution in [1.29, 1.82) is 0 Å². The van der Waals surface area contributed by atoms with E-state index < -0.39 is 0 Å². The number of furan rings is 1. The highest BCUT2D eigenvalue weighted by Crippen LogP contribution is 2.35. The molecule has 2 N–H and O–H groups in total. The smallest absolute Gasteiger partial charge is 0.118 e. The maximum Gasteiger partial charge on any atom is 0.118 e. The van der Waals surface area contributed by atoms with E-state index in [9.17, 15) is 0 Å². The van der Waals surface area contributed by atoms with E-state index in [-0.39, 0.29) is 5.25 Å². The van der Waals surface area contributed by atoms with Crippen LogP contribution in [0, 0.1) is 0 Å². The van der Waals surface area contributed by atoms with Crippen molar-refractivity contribution in [2.75, 3.05) is 13.7 Å². The molecule has 0 aliphatic heterocycles. The molecule has 2 rings (SSSR count). The van der Waals surface area contributed by atoms with Gasteiger partial charge in [0, 0.05) is 11.4 Å². The molecule has 0 fully saturated rings. The zero-order valence-corrected chi connectivity index (χ0v) is 10.4. The monoisotopic (exact) mass is 249 g/mol. The predicted molar refractivity (Wildman–Crippen MR) is 69.4 cm³/mol. The molecule has 17 heavy (non-hydrogen) atoms. The van der Waals surface area contributed by atoms with Gasteiger partial charge in [0.05, 0.1) is 18.6 Å². The van der Waals surface area contributed by atoms with Crippen LogP contribution in [0.1, 0.15) is 11.0 Å². The molecule has 3 nitrogen and oxygen atoms in total. The third-order valence-corrected chi connectivity index (χ3v) is 3.67. The summed E-state index contributed by atoms with van der Waals surface area (Å²) in [6.07, 6.45) is 1.67. The Bertz CT molecular complexity index is 439. The van der Waals surface area contributed by atoms with Crippen molar-refractivity contribution in [3.63, 3.8) is 0 Å². The number of rotatable bonds is 5. The summed E-state index contributed by atoms with van der Waals surface area (Å²) in [5.41, 5.74) is 5.76. The molecule has 2 aromatic rings. The number of hydrogen-bond donors (Lipinski definition) is 1. The first-order valence-corrected chi connectivity index (χ1v) is 6.25. The van der Waals surface area contributed by atoms with Crippen molar-refractivity contribution in [1.82, 2.24) is 0 Å². The second kappa shape index (κ2) is 5.80. The Kier molecular flexibility index (Phi) is 4.12. The van der Waals surface area contributed by atoms with Crippen molar-refractivity contribution >= 4 is 11.8 Å². The molecule has 0 aliphatic carbocycles. The fourth-order valence-electron chi connectivity index (χ4n) is 1.52. The zero-order valence-electron chi connectivity index (χ0n) is 9.63. The van der Waals surface area contributed by atoms with E-state index in [1.165, 1.54) is 0 Å². The van der Waals surface area contributed by atoms with E-state index in [0.29, 0.717) is 6.54 Å². The summed E-state index contributed by atoms with van der Waals surface area (Å²) in [5.74, 6) is 1.77. The third kappa shape index (κ3) is 3.05. The number of thioether (sulfide) groups is 1. The summed E-state index contributed by atoms with van der Waals surface area (Å²) in [5, 5.41) is 0.151. The van der Waals surface area contributed by atoms with Crippen LogP contribution in [-0.2, 0) is 0 Å². The number of hydrogen-bond acceptors (Lipinski definition) is 4. The van der Waals surface area contributed by atoms with Gasteiger partial charge < -0.3 is 14.9 Å². The molecule has 0 bridgehead atoms. The first kappa shape index (κ1) is 12.1. The van der Waals surface area contributed by atoms with Gasteiger partial charge in [-0.25, -0.2) is 0 Å². The normalized spacial score (nSPS) is 12.4. The molecule has 0 aliphatic rings. The Morgan fingerprint density at radius 3 is 2.59 bits per heavy atom. The average Bonchev–Trinajstić information content (AvgIpc) is 2.90. The molecule has 1 aromatic carbocycles. The quantitative estimate of drug-likeness (QED) is 0.827. The van der Waals surface area contributed by atoms with E-state index in [1.807, 2.05) is 36.4 Å². The summed E-state index contributed by atoms with van der Waals surface area (Å²) in [4.78, 5) is 1.15. The van der Waals surface area contributed by atoms with Crippen LogP contribution >= 0.6 is 11.8 Å². The van der Waals surface area contributed by atoms with Gasteiger partial charge in [0.1, 0.15) is 11.5 Å². The van der Waals surface area contributed by atoms with Crippen LogP contribution in [-0.4, -0.2) is 13.7 Å². The molecule has 0 amide bonds. The Hall–Kier alpha value is -1.39. The topological polar surface area (TPSA) is 48.4 Å². The van der Waals surface area contributed by atoms with Gasteiger partial charge in [-0.05, 0) is 36.4 Å². The largest absolute Gasteiger partial charge is 0.497 e. The van der Waals surface area contributed by atoms with Crippen LogP contribution in [0.15, 0.2) is 52.0 Å². The molecule has 0 radical (unpaired) electrons. The number of nitrogens with two attached hydrogens (primary N) is 1. The van der Waals surface area contributed by atoms with E-state index >= 15 is 0 Å². The molecule has 0 spiro atoms. The van der Waals surface area contributed by atoms with Crippen molar-refractivity contribution in [2.45, 2.75) is 10.1 Å². The standard InChI is InChI=1S/C13H15NO2S/c1-15-10-4-6-11(7-5-10)17-13(9-14)12-3-2-8-16-12/h2-8,13H,9,14H2,1H3. The van der Waals surface area contributed by atoms with E-state index in [1.54, 1.807) is 25.1 Å². The van der Waals surface area contributed by atoms with Crippen molar-refractivity contribution < 1.29 is 9.15 Å². The number of methoxy groups -OCH3 is 1. The summed E-state index contributed by atoms with van der Waals surface area (Å²) in [7, 11) is 1.66. The molecule has 4 heteroatoms. The lowest BCUT2D eigenvalue weighted by molar-refractivity contribution is 0.414. The number of ether oxygens (including phenoxy) is 1. The molecular formula is C13H15NO2S. The number of benzene rings is 1. The zero-order chi connectivity index (χ0) is 12.1. The maximum absolute atomic E-state index is 5.76. The molecule has 90 valence electrons. The summed E-state index contributed by atoms with van der Waals surface area (Å²) >= 11 is 1.69. The minimum absolute atomic E-state index is 0.151. The lowest BCUT2D eigenvalue weighted by atomic mass is 10.3. The van der Waals surface area contributed by atoms with Gasteiger partial charge in [0.15, 0.2) is 0 Å². The molecular weight excluding hydrogens is 234 g/mol.